The topological polar surface area (TPSA) is 86.0 Å². The van der Waals surface area contributed by atoms with Gasteiger partial charge in [0.15, 0.2) is 5.65 Å². The quantitative estimate of drug-likeness (QED) is 0.754. The van der Waals surface area contributed by atoms with Crippen LogP contribution in [0.4, 0.5) is 0 Å². The third-order valence-electron chi connectivity index (χ3n) is 4.25. The lowest BCUT2D eigenvalue weighted by Crippen LogP contribution is -2.47. The third kappa shape index (κ3) is 3.74. The minimum absolute atomic E-state index is 0.297. The highest BCUT2D eigenvalue weighted by molar-refractivity contribution is 5.81. The van der Waals surface area contributed by atoms with Gasteiger partial charge in [-0.3, -0.25) is 9.59 Å². The van der Waals surface area contributed by atoms with Crippen molar-refractivity contribution in [3.63, 3.8) is 0 Å². The lowest BCUT2D eigenvalue weighted by molar-refractivity contribution is -0.123. The van der Waals surface area contributed by atoms with Crippen molar-refractivity contribution in [2.75, 3.05) is 0 Å². The summed E-state index contributed by atoms with van der Waals surface area (Å²) in [4.78, 5) is 43.2. The number of hydrogen-bond acceptors (Lipinski definition) is 4. The Morgan fingerprint density at radius 2 is 1.75 bits per heavy atom. The highest BCUT2D eigenvalue weighted by atomic mass is 16.2. The van der Waals surface area contributed by atoms with Gasteiger partial charge in [-0.15, -0.1) is 0 Å². The summed E-state index contributed by atoms with van der Waals surface area (Å²) in [6.07, 6.45) is 0. The standard InChI is InChI=1S/C21H24N4O3/c1-13-11-14(2)22-18-17(13)19(27)24(12-16(26)23-21(3,4)5)20(28)25(18)15-9-7-6-8-10-15/h6-11H,12H2,1-5H3,(H,23,26). The van der Waals surface area contributed by atoms with E-state index >= 15 is 0 Å². The number of pyridine rings is 1. The van der Waals surface area contributed by atoms with Gasteiger partial charge in [-0.2, -0.15) is 0 Å². The van der Waals surface area contributed by atoms with Gasteiger partial charge in [0.2, 0.25) is 5.91 Å². The molecule has 2 heterocycles. The van der Waals surface area contributed by atoms with Crippen LogP contribution in [0.5, 0.6) is 0 Å². The molecular weight excluding hydrogens is 356 g/mol. The Balaban J connectivity index is 2.33. The van der Waals surface area contributed by atoms with Gasteiger partial charge in [-0.25, -0.2) is 18.9 Å². The van der Waals surface area contributed by atoms with Crippen molar-refractivity contribution in [2.24, 2.45) is 0 Å². The molecular formula is C21H24N4O3. The molecule has 0 saturated carbocycles. The maximum atomic E-state index is 13.2. The van der Waals surface area contributed by atoms with Gasteiger partial charge < -0.3 is 5.32 Å². The molecule has 1 amide bonds. The molecule has 28 heavy (non-hydrogen) atoms. The van der Waals surface area contributed by atoms with Crippen LogP contribution in [-0.4, -0.2) is 25.6 Å². The molecule has 1 N–H and O–H groups in total. The summed E-state index contributed by atoms with van der Waals surface area (Å²) in [5.74, 6) is -0.400. The fourth-order valence-electron chi connectivity index (χ4n) is 3.23. The van der Waals surface area contributed by atoms with Crippen molar-refractivity contribution in [3.8, 4) is 5.69 Å². The second-order valence-electron chi connectivity index (χ2n) is 7.92. The summed E-state index contributed by atoms with van der Waals surface area (Å²) in [5.41, 5.74) is 0.724. The number of aromatic nitrogens is 3. The fraction of sp³-hybridized carbons (Fsp3) is 0.333. The molecule has 0 radical (unpaired) electrons. The molecule has 7 heteroatoms. The molecule has 3 aromatic rings. The van der Waals surface area contributed by atoms with Gasteiger partial charge >= 0.3 is 5.69 Å². The number of carbonyl (C=O) groups excluding carboxylic acids is 1. The van der Waals surface area contributed by atoms with Crippen LogP contribution in [0.25, 0.3) is 16.7 Å². The zero-order chi connectivity index (χ0) is 20.6. The molecule has 0 aliphatic rings. The van der Waals surface area contributed by atoms with Crippen LogP contribution in [0.15, 0.2) is 46.0 Å². The molecule has 1 aromatic carbocycles. The molecule has 7 nitrogen and oxygen atoms in total. The Morgan fingerprint density at radius 3 is 2.36 bits per heavy atom. The van der Waals surface area contributed by atoms with Crippen molar-refractivity contribution in [1.29, 1.82) is 0 Å². The molecule has 2 aromatic heterocycles. The Hall–Kier alpha value is -3.22. The molecule has 0 aliphatic heterocycles. The molecule has 0 bridgehead atoms. The molecule has 0 aliphatic carbocycles. The maximum Gasteiger partial charge on any atom is 0.337 e. The summed E-state index contributed by atoms with van der Waals surface area (Å²) in [7, 11) is 0. The van der Waals surface area contributed by atoms with Gasteiger partial charge in [-0.05, 0) is 58.4 Å². The van der Waals surface area contributed by atoms with Crippen LogP contribution >= 0.6 is 0 Å². The number of benzene rings is 1. The van der Waals surface area contributed by atoms with Gasteiger partial charge in [0.25, 0.3) is 5.56 Å². The molecule has 0 atom stereocenters. The fourth-order valence-corrected chi connectivity index (χ4v) is 3.23. The first-order valence-electron chi connectivity index (χ1n) is 9.09. The summed E-state index contributed by atoms with van der Waals surface area (Å²) < 4.78 is 2.36. The molecule has 3 rings (SSSR count). The predicted molar refractivity (Wildman–Crippen MR) is 109 cm³/mol. The largest absolute Gasteiger partial charge is 0.350 e. The summed E-state index contributed by atoms with van der Waals surface area (Å²) >= 11 is 0. The minimum atomic E-state index is -0.592. The predicted octanol–water partition coefficient (Wildman–Crippen LogP) is 2.08. The Labute approximate surface area is 162 Å². The first-order valence-corrected chi connectivity index (χ1v) is 9.09. The third-order valence-corrected chi connectivity index (χ3v) is 4.25. The number of fused-ring (bicyclic) bond motifs is 1. The van der Waals surface area contributed by atoms with E-state index in [9.17, 15) is 14.4 Å². The maximum absolute atomic E-state index is 13.2. The smallest absolute Gasteiger partial charge is 0.337 e. The highest BCUT2D eigenvalue weighted by Gasteiger charge is 2.21. The van der Waals surface area contributed by atoms with Crippen LogP contribution in [0, 0.1) is 13.8 Å². The summed E-state index contributed by atoms with van der Waals surface area (Å²) in [6, 6.07) is 10.8. The minimum Gasteiger partial charge on any atom is -0.350 e. The molecule has 0 saturated heterocycles. The zero-order valence-electron chi connectivity index (χ0n) is 16.7. The number of para-hydroxylation sites is 1. The van der Waals surface area contributed by atoms with E-state index in [-0.39, 0.29) is 6.54 Å². The van der Waals surface area contributed by atoms with Crippen LogP contribution < -0.4 is 16.6 Å². The number of nitrogens with one attached hydrogen (secondary N) is 1. The molecule has 0 unspecified atom stereocenters. The first-order chi connectivity index (χ1) is 13.1. The summed E-state index contributed by atoms with van der Waals surface area (Å²) in [6.45, 7) is 8.78. The number of nitrogens with zero attached hydrogens (tertiary/aromatic N) is 3. The van der Waals surface area contributed by atoms with Gasteiger partial charge in [0.05, 0.1) is 11.1 Å². The van der Waals surface area contributed by atoms with Crippen molar-refractivity contribution in [1.82, 2.24) is 19.4 Å². The van der Waals surface area contributed by atoms with E-state index in [1.165, 1.54) is 4.57 Å². The Bertz CT molecular complexity index is 1170. The SMILES string of the molecule is Cc1cc(C)c2c(=O)n(CC(=O)NC(C)(C)C)c(=O)n(-c3ccccc3)c2n1. The van der Waals surface area contributed by atoms with Crippen molar-refractivity contribution < 1.29 is 4.79 Å². The normalized spacial score (nSPS) is 11.6. The van der Waals surface area contributed by atoms with Crippen LogP contribution in [0.2, 0.25) is 0 Å². The average molecular weight is 380 g/mol. The van der Waals surface area contributed by atoms with Gasteiger partial charge in [0, 0.05) is 11.2 Å². The van der Waals surface area contributed by atoms with Gasteiger partial charge in [-0.1, -0.05) is 18.2 Å². The first kappa shape index (κ1) is 19.5. The van der Waals surface area contributed by atoms with Crippen molar-refractivity contribution in [3.05, 3.63) is 68.5 Å². The van der Waals surface area contributed by atoms with Crippen molar-refractivity contribution >= 4 is 16.9 Å². The Kier molecular flexibility index (Phi) is 4.93. The average Bonchev–Trinajstić information content (AvgIpc) is 2.57. The lowest BCUT2D eigenvalue weighted by Gasteiger charge is -2.21. The Morgan fingerprint density at radius 1 is 1.11 bits per heavy atom. The van der Waals surface area contributed by atoms with Crippen molar-refractivity contribution in [2.45, 2.75) is 46.7 Å². The summed E-state index contributed by atoms with van der Waals surface area (Å²) in [5, 5.41) is 3.12. The van der Waals surface area contributed by atoms with E-state index in [1.807, 2.05) is 33.8 Å². The van der Waals surface area contributed by atoms with Crippen LogP contribution in [0.1, 0.15) is 32.0 Å². The number of rotatable bonds is 3. The van der Waals surface area contributed by atoms with E-state index < -0.39 is 22.7 Å². The van der Waals surface area contributed by atoms with Crippen LogP contribution in [-0.2, 0) is 11.3 Å². The number of aryl methyl sites for hydroxylation is 2. The van der Waals surface area contributed by atoms with E-state index in [4.69, 9.17) is 0 Å². The molecule has 146 valence electrons. The number of carbonyl (C=O) groups is 1. The van der Waals surface area contributed by atoms with Gasteiger partial charge in [0.1, 0.15) is 6.54 Å². The van der Waals surface area contributed by atoms with E-state index in [2.05, 4.69) is 10.3 Å². The monoisotopic (exact) mass is 380 g/mol. The highest BCUT2D eigenvalue weighted by Crippen LogP contribution is 2.16. The van der Waals surface area contributed by atoms with E-state index in [1.54, 1.807) is 37.3 Å². The zero-order valence-corrected chi connectivity index (χ0v) is 16.7. The molecule has 0 fully saturated rings. The second-order valence-corrected chi connectivity index (χ2v) is 7.92. The number of hydrogen-bond donors (Lipinski definition) is 1. The van der Waals surface area contributed by atoms with E-state index in [0.717, 1.165) is 4.57 Å². The van der Waals surface area contributed by atoms with E-state index in [0.29, 0.717) is 28.0 Å². The lowest BCUT2D eigenvalue weighted by atomic mass is 10.1. The second kappa shape index (κ2) is 7.07. The van der Waals surface area contributed by atoms with Crippen LogP contribution in [0.3, 0.4) is 0 Å². The molecule has 0 spiro atoms. The number of amides is 1.